The van der Waals surface area contributed by atoms with E-state index in [0.29, 0.717) is 11.1 Å². The van der Waals surface area contributed by atoms with Crippen LogP contribution in [-0.2, 0) is 0 Å². The third-order valence-corrected chi connectivity index (χ3v) is 3.22. The van der Waals surface area contributed by atoms with Crippen molar-refractivity contribution in [3.05, 3.63) is 47.5 Å². The molecule has 1 heterocycles. The molecule has 2 aromatic carbocycles. The molecule has 0 unspecified atom stereocenters. The SMILES string of the molecule is CC(C)(C)NN1C(=O)c2cccc3cccc(c23)C1=O. The summed E-state index contributed by atoms with van der Waals surface area (Å²) in [6, 6.07) is 11.0. The average molecular weight is 268 g/mol. The molecular formula is C16H16N2O2. The van der Waals surface area contributed by atoms with E-state index in [0.717, 1.165) is 15.8 Å². The number of nitrogens with zero attached hydrogens (tertiary/aromatic N) is 1. The Balaban J connectivity index is 2.21. The Kier molecular flexibility index (Phi) is 2.66. The molecule has 0 saturated carbocycles. The van der Waals surface area contributed by atoms with E-state index in [-0.39, 0.29) is 17.4 Å². The van der Waals surface area contributed by atoms with Gasteiger partial charge in [-0.2, -0.15) is 0 Å². The molecule has 20 heavy (non-hydrogen) atoms. The maximum atomic E-state index is 12.5. The molecule has 102 valence electrons. The first-order chi connectivity index (χ1) is 9.38. The zero-order valence-corrected chi connectivity index (χ0v) is 11.7. The van der Waals surface area contributed by atoms with Crippen LogP contribution in [0.15, 0.2) is 36.4 Å². The van der Waals surface area contributed by atoms with E-state index in [4.69, 9.17) is 0 Å². The summed E-state index contributed by atoms with van der Waals surface area (Å²) in [6.07, 6.45) is 0. The second-order valence-corrected chi connectivity index (χ2v) is 6.02. The maximum Gasteiger partial charge on any atom is 0.276 e. The van der Waals surface area contributed by atoms with Crippen molar-refractivity contribution in [3.63, 3.8) is 0 Å². The molecule has 0 fully saturated rings. The third kappa shape index (κ3) is 1.89. The number of amides is 2. The van der Waals surface area contributed by atoms with Crippen molar-refractivity contribution >= 4 is 22.6 Å². The van der Waals surface area contributed by atoms with Crippen LogP contribution in [0.25, 0.3) is 10.8 Å². The standard InChI is InChI=1S/C16H16N2O2/c1-16(2,3)17-18-14(19)11-8-4-6-10-7-5-9-12(13(10)11)15(18)20/h4-9,17H,1-3H3. The largest absolute Gasteiger partial charge is 0.276 e. The fourth-order valence-electron chi connectivity index (χ4n) is 2.47. The Bertz CT molecular complexity index is 678. The highest BCUT2D eigenvalue weighted by Gasteiger charge is 2.34. The Morgan fingerprint density at radius 1 is 0.900 bits per heavy atom. The molecule has 3 rings (SSSR count). The highest BCUT2D eigenvalue weighted by molar-refractivity contribution is 6.25. The lowest BCUT2D eigenvalue weighted by Crippen LogP contribution is -2.56. The summed E-state index contributed by atoms with van der Waals surface area (Å²) in [6.45, 7) is 5.73. The summed E-state index contributed by atoms with van der Waals surface area (Å²) in [5.41, 5.74) is 3.73. The van der Waals surface area contributed by atoms with Gasteiger partial charge in [-0.1, -0.05) is 24.3 Å². The molecule has 2 aromatic rings. The zero-order valence-electron chi connectivity index (χ0n) is 11.7. The van der Waals surface area contributed by atoms with Gasteiger partial charge in [0.15, 0.2) is 0 Å². The molecule has 0 aromatic heterocycles. The summed E-state index contributed by atoms with van der Waals surface area (Å²) in [5, 5.41) is 2.78. The molecular weight excluding hydrogens is 252 g/mol. The number of carbonyl (C=O) groups is 2. The molecule has 1 N–H and O–H groups in total. The van der Waals surface area contributed by atoms with Gasteiger partial charge in [-0.05, 0) is 38.3 Å². The fourth-order valence-corrected chi connectivity index (χ4v) is 2.47. The van der Waals surface area contributed by atoms with Crippen molar-refractivity contribution in [3.8, 4) is 0 Å². The minimum atomic E-state index is -0.370. The van der Waals surface area contributed by atoms with Gasteiger partial charge in [-0.25, -0.2) is 10.4 Å². The number of hydrazine groups is 1. The molecule has 0 bridgehead atoms. The van der Waals surface area contributed by atoms with Crippen LogP contribution in [0.4, 0.5) is 0 Å². The predicted octanol–water partition coefficient (Wildman–Crippen LogP) is 2.74. The average Bonchev–Trinajstić information content (AvgIpc) is 2.39. The summed E-state index contributed by atoms with van der Waals surface area (Å²) in [7, 11) is 0. The number of benzene rings is 2. The predicted molar refractivity (Wildman–Crippen MR) is 77.3 cm³/mol. The second kappa shape index (κ2) is 4.15. The van der Waals surface area contributed by atoms with Crippen LogP contribution < -0.4 is 5.43 Å². The van der Waals surface area contributed by atoms with E-state index in [2.05, 4.69) is 5.43 Å². The van der Waals surface area contributed by atoms with Crippen molar-refractivity contribution < 1.29 is 9.59 Å². The first-order valence-electron chi connectivity index (χ1n) is 6.57. The van der Waals surface area contributed by atoms with Crippen molar-refractivity contribution in [2.24, 2.45) is 0 Å². The van der Waals surface area contributed by atoms with Crippen LogP contribution in [0.5, 0.6) is 0 Å². The fraction of sp³-hybridized carbons (Fsp3) is 0.250. The van der Waals surface area contributed by atoms with Crippen LogP contribution in [0.1, 0.15) is 41.5 Å². The first kappa shape index (κ1) is 12.8. The molecule has 0 atom stereocenters. The normalized spacial score (nSPS) is 15.1. The molecule has 0 saturated heterocycles. The minimum Gasteiger partial charge on any atom is -0.267 e. The summed E-state index contributed by atoms with van der Waals surface area (Å²) in [5.74, 6) is -0.594. The molecule has 0 aliphatic carbocycles. The van der Waals surface area contributed by atoms with Gasteiger partial charge in [-0.15, -0.1) is 0 Å². The van der Waals surface area contributed by atoms with E-state index in [1.54, 1.807) is 12.1 Å². The molecule has 4 nitrogen and oxygen atoms in total. The van der Waals surface area contributed by atoms with Crippen molar-refractivity contribution in [2.45, 2.75) is 26.3 Å². The first-order valence-corrected chi connectivity index (χ1v) is 6.57. The third-order valence-electron chi connectivity index (χ3n) is 3.22. The monoisotopic (exact) mass is 268 g/mol. The van der Waals surface area contributed by atoms with Gasteiger partial charge in [0.1, 0.15) is 0 Å². The van der Waals surface area contributed by atoms with Gasteiger partial charge in [0.25, 0.3) is 11.8 Å². The number of carbonyl (C=O) groups excluding carboxylic acids is 2. The minimum absolute atomic E-state index is 0.297. The van der Waals surface area contributed by atoms with Gasteiger partial charge >= 0.3 is 0 Å². The van der Waals surface area contributed by atoms with Crippen molar-refractivity contribution in [1.82, 2.24) is 10.4 Å². The van der Waals surface area contributed by atoms with Crippen LogP contribution >= 0.6 is 0 Å². The highest BCUT2D eigenvalue weighted by Crippen LogP contribution is 2.29. The molecule has 0 radical (unpaired) electrons. The number of nitrogens with one attached hydrogen (secondary N) is 1. The smallest absolute Gasteiger partial charge is 0.267 e. The van der Waals surface area contributed by atoms with Gasteiger partial charge in [0.05, 0.1) is 11.1 Å². The van der Waals surface area contributed by atoms with E-state index in [1.807, 2.05) is 45.0 Å². The Labute approximate surface area is 117 Å². The highest BCUT2D eigenvalue weighted by atomic mass is 16.2. The molecule has 0 spiro atoms. The van der Waals surface area contributed by atoms with Crippen LogP contribution in [0, 0.1) is 0 Å². The van der Waals surface area contributed by atoms with Crippen LogP contribution in [-0.4, -0.2) is 22.4 Å². The van der Waals surface area contributed by atoms with E-state index >= 15 is 0 Å². The number of hydrogen-bond donors (Lipinski definition) is 1. The number of rotatable bonds is 1. The van der Waals surface area contributed by atoms with Crippen LogP contribution in [0.2, 0.25) is 0 Å². The second-order valence-electron chi connectivity index (χ2n) is 6.02. The van der Waals surface area contributed by atoms with Gasteiger partial charge in [0.2, 0.25) is 0 Å². The van der Waals surface area contributed by atoms with Crippen molar-refractivity contribution in [2.75, 3.05) is 0 Å². The Morgan fingerprint density at radius 3 is 1.85 bits per heavy atom. The summed E-state index contributed by atoms with van der Waals surface area (Å²) < 4.78 is 0. The summed E-state index contributed by atoms with van der Waals surface area (Å²) >= 11 is 0. The lowest BCUT2D eigenvalue weighted by Gasteiger charge is -2.33. The summed E-state index contributed by atoms with van der Waals surface area (Å²) in [4.78, 5) is 25.1. The number of hydrogen-bond acceptors (Lipinski definition) is 3. The maximum absolute atomic E-state index is 12.5. The van der Waals surface area contributed by atoms with Crippen LogP contribution in [0.3, 0.4) is 0 Å². The molecule has 1 aliphatic heterocycles. The van der Waals surface area contributed by atoms with Gasteiger partial charge in [0, 0.05) is 10.9 Å². The lowest BCUT2D eigenvalue weighted by molar-refractivity contribution is 0.0446. The Morgan fingerprint density at radius 2 is 1.40 bits per heavy atom. The van der Waals surface area contributed by atoms with Gasteiger partial charge < -0.3 is 0 Å². The quantitative estimate of drug-likeness (QED) is 0.809. The molecule has 2 amide bonds. The van der Waals surface area contributed by atoms with Gasteiger partial charge in [-0.3, -0.25) is 9.59 Å². The van der Waals surface area contributed by atoms with E-state index in [1.165, 1.54) is 0 Å². The van der Waals surface area contributed by atoms with E-state index in [9.17, 15) is 9.59 Å². The lowest BCUT2D eigenvalue weighted by atomic mass is 9.95. The van der Waals surface area contributed by atoms with Crippen molar-refractivity contribution in [1.29, 1.82) is 0 Å². The number of imide groups is 1. The molecule has 4 heteroatoms. The zero-order chi connectivity index (χ0) is 14.5. The Hall–Kier alpha value is -2.20. The van der Waals surface area contributed by atoms with E-state index < -0.39 is 0 Å². The molecule has 1 aliphatic rings. The topological polar surface area (TPSA) is 49.4 Å².